The van der Waals surface area contributed by atoms with Crippen molar-refractivity contribution in [1.29, 1.82) is 5.26 Å². The maximum atomic E-state index is 13.4. The Kier molecular flexibility index (Phi) is 6.27. The first kappa shape index (κ1) is 23.0. The second-order valence-corrected chi connectivity index (χ2v) is 9.09. The summed E-state index contributed by atoms with van der Waals surface area (Å²) in [5.74, 6) is -0.353. The van der Waals surface area contributed by atoms with E-state index >= 15 is 0 Å². The maximum Gasteiger partial charge on any atom is 0.283 e. The number of pyridine rings is 1. The van der Waals surface area contributed by atoms with Crippen LogP contribution in [0.5, 0.6) is 0 Å². The van der Waals surface area contributed by atoms with E-state index < -0.39 is 11.1 Å². The lowest BCUT2D eigenvalue weighted by Gasteiger charge is -2.30. The number of carbonyl (C=O) groups is 1. The zero-order chi connectivity index (χ0) is 23.6. The van der Waals surface area contributed by atoms with E-state index in [2.05, 4.69) is 21.5 Å². The zero-order valence-corrected chi connectivity index (χ0v) is 19.3. The van der Waals surface area contributed by atoms with Crippen LogP contribution in [0.4, 0.5) is 14.5 Å². The first-order valence-corrected chi connectivity index (χ1v) is 11.3. The van der Waals surface area contributed by atoms with Gasteiger partial charge in [0, 0.05) is 5.56 Å². The van der Waals surface area contributed by atoms with Gasteiger partial charge < -0.3 is 5.32 Å². The minimum Gasteiger partial charge on any atom is -0.320 e. The standard InChI is InChI=1S/C24H24F2N5OP/c1-16-20(14-29-31(16)19-8-5-17(6-9-19)24(25,26)33)22(32)30-18-7-10-21(28-13-18)23(15-27)11-3-2-4-12-23/h5-10,13-14H,2-4,11-12,33H2,1H3,(H,30,32). The molecular weight excluding hydrogens is 443 g/mol. The lowest BCUT2D eigenvalue weighted by atomic mass is 9.73. The lowest BCUT2D eigenvalue weighted by molar-refractivity contribution is 0.102. The molecule has 3 aromatic rings. The Hall–Kier alpha value is -3.17. The summed E-state index contributed by atoms with van der Waals surface area (Å²) in [6.07, 6.45) is 7.78. The number of hydrogen-bond donors (Lipinski definition) is 1. The third-order valence-electron chi connectivity index (χ3n) is 6.18. The molecule has 4 rings (SSSR count). The quantitative estimate of drug-likeness (QED) is 0.504. The number of halogens is 2. The molecule has 0 bridgehead atoms. The second kappa shape index (κ2) is 8.99. The Morgan fingerprint density at radius 1 is 1.15 bits per heavy atom. The minimum atomic E-state index is -3.00. The highest BCUT2D eigenvalue weighted by atomic mass is 31.0. The fourth-order valence-electron chi connectivity index (χ4n) is 4.25. The van der Waals surface area contributed by atoms with Crippen molar-refractivity contribution in [1.82, 2.24) is 14.8 Å². The van der Waals surface area contributed by atoms with Gasteiger partial charge in [0.15, 0.2) is 0 Å². The Bertz CT molecular complexity index is 1190. The largest absolute Gasteiger partial charge is 0.320 e. The number of hydrogen-bond acceptors (Lipinski definition) is 4. The van der Waals surface area contributed by atoms with Crippen molar-refractivity contribution < 1.29 is 13.6 Å². The van der Waals surface area contributed by atoms with Gasteiger partial charge in [0.25, 0.3) is 11.6 Å². The third kappa shape index (κ3) is 4.65. The Morgan fingerprint density at radius 2 is 1.85 bits per heavy atom. The molecule has 6 nitrogen and oxygen atoms in total. The Morgan fingerprint density at radius 3 is 2.42 bits per heavy atom. The van der Waals surface area contributed by atoms with Gasteiger partial charge >= 0.3 is 0 Å². The van der Waals surface area contributed by atoms with Gasteiger partial charge in [-0.15, -0.1) is 0 Å². The van der Waals surface area contributed by atoms with Gasteiger partial charge in [-0.1, -0.05) is 40.6 Å². The van der Waals surface area contributed by atoms with Crippen LogP contribution in [-0.4, -0.2) is 20.7 Å². The van der Waals surface area contributed by atoms with Crippen LogP contribution < -0.4 is 5.32 Å². The van der Waals surface area contributed by atoms with Crippen LogP contribution in [0.3, 0.4) is 0 Å². The van der Waals surface area contributed by atoms with Crippen molar-refractivity contribution in [3.8, 4) is 11.8 Å². The third-order valence-corrected chi connectivity index (χ3v) is 6.52. The van der Waals surface area contributed by atoms with Crippen LogP contribution in [0.2, 0.25) is 0 Å². The summed E-state index contributed by atoms with van der Waals surface area (Å²) in [6, 6.07) is 11.8. The summed E-state index contributed by atoms with van der Waals surface area (Å²) >= 11 is 0. The minimum absolute atomic E-state index is 0.124. The summed E-state index contributed by atoms with van der Waals surface area (Å²) in [6.45, 7) is 1.74. The Balaban J connectivity index is 1.49. The number of carbonyl (C=O) groups excluding carboxylic acids is 1. The van der Waals surface area contributed by atoms with E-state index in [1.807, 2.05) is 6.07 Å². The van der Waals surface area contributed by atoms with Gasteiger partial charge in [-0.3, -0.25) is 9.78 Å². The zero-order valence-electron chi connectivity index (χ0n) is 18.2. The molecule has 0 saturated heterocycles. The monoisotopic (exact) mass is 467 g/mol. The summed E-state index contributed by atoms with van der Waals surface area (Å²) in [5, 5.41) is 16.8. The fourth-order valence-corrected chi connectivity index (χ4v) is 4.44. The molecule has 0 aliphatic heterocycles. The summed E-state index contributed by atoms with van der Waals surface area (Å²) < 4.78 is 28.4. The first-order valence-electron chi connectivity index (χ1n) is 10.7. The highest BCUT2D eigenvalue weighted by Gasteiger charge is 2.35. The second-order valence-electron chi connectivity index (χ2n) is 8.37. The van der Waals surface area contributed by atoms with Gasteiger partial charge in [0.05, 0.1) is 52.2 Å². The molecule has 1 aliphatic rings. The molecule has 1 saturated carbocycles. The van der Waals surface area contributed by atoms with Gasteiger partial charge in [-0.25, -0.2) is 4.68 Å². The van der Waals surface area contributed by atoms with Crippen LogP contribution in [0.25, 0.3) is 5.69 Å². The molecule has 1 aromatic carbocycles. The molecule has 1 atom stereocenters. The molecular formula is C24H24F2N5OP. The molecule has 1 fully saturated rings. The molecule has 1 amide bonds. The highest BCUT2D eigenvalue weighted by Crippen LogP contribution is 2.38. The molecule has 2 heterocycles. The molecule has 0 radical (unpaired) electrons. The van der Waals surface area contributed by atoms with Crippen molar-refractivity contribution in [2.24, 2.45) is 0 Å². The van der Waals surface area contributed by atoms with E-state index in [4.69, 9.17) is 0 Å². The normalized spacial score (nSPS) is 15.6. The van der Waals surface area contributed by atoms with Crippen LogP contribution in [-0.2, 0) is 11.1 Å². The number of nitrogens with one attached hydrogen (secondary N) is 1. The van der Waals surface area contributed by atoms with E-state index in [-0.39, 0.29) is 11.5 Å². The van der Waals surface area contributed by atoms with Gasteiger partial charge in [-0.05, 0) is 44.0 Å². The predicted molar refractivity (Wildman–Crippen MR) is 124 cm³/mol. The van der Waals surface area contributed by atoms with Gasteiger partial charge in [0.1, 0.15) is 0 Å². The van der Waals surface area contributed by atoms with Crippen molar-refractivity contribution in [3.05, 3.63) is 71.3 Å². The van der Waals surface area contributed by atoms with Crippen molar-refractivity contribution in [2.45, 2.75) is 50.1 Å². The molecule has 9 heteroatoms. The lowest BCUT2D eigenvalue weighted by Crippen LogP contribution is -2.28. The molecule has 1 aliphatic carbocycles. The van der Waals surface area contributed by atoms with Crippen LogP contribution in [0.1, 0.15) is 59.4 Å². The van der Waals surface area contributed by atoms with Crippen molar-refractivity contribution in [2.75, 3.05) is 5.32 Å². The molecule has 33 heavy (non-hydrogen) atoms. The number of nitrogens with zero attached hydrogens (tertiary/aromatic N) is 4. The van der Waals surface area contributed by atoms with Crippen molar-refractivity contribution in [3.63, 3.8) is 0 Å². The van der Waals surface area contributed by atoms with E-state index in [0.717, 1.165) is 37.8 Å². The molecule has 0 spiro atoms. The molecule has 1 N–H and O–H groups in total. The SMILES string of the molecule is Cc1c(C(=O)Nc2ccc(C3(C#N)CCCCC3)nc2)cnn1-c1ccc(C(F)(F)P)cc1. The predicted octanol–water partition coefficient (Wildman–Crippen LogP) is 5.48. The van der Waals surface area contributed by atoms with Crippen LogP contribution in [0.15, 0.2) is 48.8 Å². The van der Waals surface area contributed by atoms with Gasteiger partial charge in [0.2, 0.25) is 0 Å². The summed E-state index contributed by atoms with van der Waals surface area (Å²) in [7, 11) is 1.51. The van der Waals surface area contributed by atoms with Crippen LogP contribution in [0, 0.1) is 18.3 Å². The smallest absolute Gasteiger partial charge is 0.283 e. The number of aromatic nitrogens is 3. The number of alkyl halides is 2. The fraction of sp³-hybridized carbons (Fsp3) is 0.333. The number of benzene rings is 1. The molecule has 1 unspecified atom stereocenters. The average Bonchev–Trinajstić information content (AvgIpc) is 3.21. The van der Waals surface area contributed by atoms with E-state index in [1.54, 1.807) is 19.2 Å². The number of rotatable bonds is 5. The number of amides is 1. The van der Waals surface area contributed by atoms with Gasteiger partial charge in [-0.2, -0.15) is 19.1 Å². The molecule has 170 valence electrons. The van der Waals surface area contributed by atoms with E-state index in [1.165, 1.54) is 44.4 Å². The van der Waals surface area contributed by atoms with E-state index in [9.17, 15) is 18.8 Å². The number of anilines is 1. The first-order chi connectivity index (χ1) is 15.7. The maximum absolute atomic E-state index is 13.4. The Labute approximate surface area is 193 Å². The van der Waals surface area contributed by atoms with Crippen LogP contribution >= 0.6 is 9.24 Å². The number of nitriles is 1. The van der Waals surface area contributed by atoms with E-state index in [0.29, 0.717) is 22.6 Å². The average molecular weight is 467 g/mol. The molecule has 2 aromatic heterocycles. The summed E-state index contributed by atoms with van der Waals surface area (Å²) in [5.41, 5.74) is -0.900. The summed E-state index contributed by atoms with van der Waals surface area (Å²) in [4.78, 5) is 17.3. The highest BCUT2D eigenvalue weighted by molar-refractivity contribution is 7.17. The topological polar surface area (TPSA) is 83.6 Å². The van der Waals surface area contributed by atoms with Crippen molar-refractivity contribution >= 4 is 20.8 Å².